The van der Waals surface area contributed by atoms with Crippen LogP contribution < -0.4 is 10.5 Å². The van der Waals surface area contributed by atoms with Gasteiger partial charge in [0.15, 0.2) is 5.65 Å². The van der Waals surface area contributed by atoms with Crippen LogP contribution in [0.15, 0.2) is 30.5 Å². The zero-order valence-electron chi connectivity index (χ0n) is 10.6. The topological polar surface area (TPSA) is 73.9 Å². The number of nitrogens with two attached hydrogens (primary N) is 1. The molecule has 0 saturated carbocycles. The van der Waals surface area contributed by atoms with Crippen LogP contribution in [0.2, 0.25) is 0 Å². The summed E-state index contributed by atoms with van der Waals surface area (Å²) in [5.74, 6) is 1.47. The van der Waals surface area contributed by atoms with Gasteiger partial charge in [-0.25, -0.2) is 15.0 Å². The highest BCUT2D eigenvalue weighted by Gasteiger charge is 2.07. The van der Waals surface area contributed by atoms with Crippen molar-refractivity contribution < 1.29 is 4.74 Å². The van der Waals surface area contributed by atoms with Crippen LogP contribution in [0.3, 0.4) is 0 Å². The summed E-state index contributed by atoms with van der Waals surface area (Å²) in [6.07, 6.45) is 2.45. The maximum Gasteiger partial charge on any atom is 0.163 e. The van der Waals surface area contributed by atoms with E-state index in [1.165, 1.54) is 0 Å². The molecule has 0 radical (unpaired) electrons. The molecule has 2 heterocycles. The van der Waals surface area contributed by atoms with Crippen LogP contribution in [-0.2, 0) is 6.42 Å². The third kappa shape index (κ3) is 2.08. The number of nitrogens with zero attached hydrogens (tertiary/aromatic N) is 3. The Morgan fingerprint density at radius 1 is 1.21 bits per heavy atom. The highest BCUT2D eigenvalue weighted by Crippen LogP contribution is 2.25. The highest BCUT2D eigenvalue weighted by molar-refractivity contribution is 5.93. The predicted molar refractivity (Wildman–Crippen MR) is 74.1 cm³/mol. The van der Waals surface area contributed by atoms with E-state index in [1.807, 2.05) is 24.3 Å². The number of pyridine rings is 1. The van der Waals surface area contributed by atoms with E-state index >= 15 is 0 Å². The lowest BCUT2D eigenvalue weighted by Crippen LogP contribution is -2.06. The first kappa shape index (κ1) is 11.8. The molecule has 0 fully saturated rings. The maximum absolute atomic E-state index is 5.52. The first-order valence-corrected chi connectivity index (χ1v) is 6.11. The van der Waals surface area contributed by atoms with Crippen LogP contribution >= 0.6 is 0 Å². The fourth-order valence-corrected chi connectivity index (χ4v) is 2.07. The molecular formula is C14H14N4O. The van der Waals surface area contributed by atoms with Crippen molar-refractivity contribution in [3.05, 3.63) is 36.3 Å². The van der Waals surface area contributed by atoms with Gasteiger partial charge in [-0.2, -0.15) is 0 Å². The van der Waals surface area contributed by atoms with Crippen molar-refractivity contribution in [1.29, 1.82) is 0 Å². The molecule has 5 nitrogen and oxygen atoms in total. The molecular weight excluding hydrogens is 240 g/mol. The minimum atomic E-state index is 0.530. The summed E-state index contributed by atoms with van der Waals surface area (Å²) in [5, 5.41) is 1.93. The standard InChI is InChI=1S/C14H14N4O/c1-19-11-4-2-3-9-7-10-8-16-12(5-6-15)17-14(10)18-13(9)11/h2-4,7-8H,5-6,15H2,1H3. The molecule has 2 aromatic heterocycles. The fourth-order valence-electron chi connectivity index (χ4n) is 2.07. The molecule has 0 aliphatic rings. The van der Waals surface area contributed by atoms with Crippen molar-refractivity contribution in [1.82, 2.24) is 15.0 Å². The number of hydrogen-bond donors (Lipinski definition) is 1. The van der Waals surface area contributed by atoms with Gasteiger partial charge in [-0.05, 0) is 18.7 Å². The van der Waals surface area contributed by atoms with E-state index in [1.54, 1.807) is 13.3 Å². The van der Waals surface area contributed by atoms with Crippen LogP contribution in [0.25, 0.3) is 21.9 Å². The van der Waals surface area contributed by atoms with E-state index in [9.17, 15) is 0 Å². The Kier molecular flexibility index (Phi) is 2.97. The van der Waals surface area contributed by atoms with Crippen molar-refractivity contribution in [3.8, 4) is 5.75 Å². The van der Waals surface area contributed by atoms with Gasteiger partial charge in [-0.1, -0.05) is 12.1 Å². The summed E-state index contributed by atoms with van der Waals surface area (Å²) < 4.78 is 5.33. The Morgan fingerprint density at radius 2 is 2.11 bits per heavy atom. The monoisotopic (exact) mass is 254 g/mol. The number of fused-ring (bicyclic) bond motifs is 2. The normalized spacial score (nSPS) is 11.1. The molecule has 0 unspecified atom stereocenters. The summed E-state index contributed by atoms with van der Waals surface area (Å²) in [6, 6.07) is 7.85. The minimum Gasteiger partial charge on any atom is -0.494 e. The van der Waals surface area contributed by atoms with Gasteiger partial charge in [-0.3, -0.25) is 0 Å². The summed E-state index contributed by atoms with van der Waals surface area (Å²) >= 11 is 0. The van der Waals surface area contributed by atoms with Crippen LogP contribution in [0.1, 0.15) is 5.82 Å². The first-order valence-electron chi connectivity index (χ1n) is 6.11. The Bertz CT molecular complexity index is 742. The van der Waals surface area contributed by atoms with Crippen molar-refractivity contribution >= 4 is 21.9 Å². The molecule has 0 spiro atoms. The lowest BCUT2D eigenvalue weighted by Gasteiger charge is -2.06. The molecule has 19 heavy (non-hydrogen) atoms. The van der Waals surface area contributed by atoms with E-state index in [4.69, 9.17) is 10.5 Å². The molecule has 0 atom stereocenters. The molecule has 5 heteroatoms. The van der Waals surface area contributed by atoms with Gasteiger partial charge in [0.2, 0.25) is 0 Å². The Balaban J connectivity index is 2.27. The lowest BCUT2D eigenvalue weighted by atomic mass is 10.2. The van der Waals surface area contributed by atoms with E-state index in [0.717, 1.165) is 27.9 Å². The van der Waals surface area contributed by atoms with Crippen LogP contribution in [0.4, 0.5) is 0 Å². The van der Waals surface area contributed by atoms with Crippen LogP contribution in [0.5, 0.6) is 5.75 Å². The van der Waals surface area contributed by atoms with E-state index < -0.39 is 0 Å². The first-order chi connectivity index (χ1) is 9.31. The Hall–Kier alpha value is -2.27. The van der Waals surface area contributed by atoms with Gasteiger partial charge in [0, 0.05) is 23.4 Å². The smallest absolute Gasteiger partial charge is 0.163 e. The third-order valence-electron chi connectivity index (χ3n) is 2.99. The van der Waals surface area contributed by atoms with Crippen LogP contribution in [0, 0.1) is 0 Å². The molecule has 0 saturated heterocycles. The zero-order chi connectivity index (χ0) is 13.2. The third-order valence-corrected chi connectivity index (χ3v) is 2.99. The van der Waals surface area contributed by atoms with Gasteiger partial charge < -0.3 is 10.5 Å². The largest absolute Gasteiger partial charge is 0.494 e. The van der Waals surface area contributed by atoms with Crippen LogP contribution in [-0.4, -0.2) is 28.6 Å². The number of rotatable bonds is 3. The molecule has 0 bridgehead atoms. The lowest BCUT2D eigenvalue weighted by molar-refractivity contribution is 0.419. The number of ether oxygens (including phenoxy) is 1. The average Bonchev–Trinajstić information content (AvgIpc) is 2.45. The number of methoxy groups -OCH3 is 1. The SMILES string of the molecule is COc1cccc2cc3cnc(CCN)nc3nc12. The molecule has 1 aromatic carbocycles. The molecule has 3 aromatic rings. The molecule has 3 rings (SSSR count). The predicted octanol–water partition coefficient (Wildman–Crippen LogP) is 1.69. The van der Waals surface area contributed by atoms with E-state index in [0.29, 0.717) is 18.6 Å². The second-order valence-corrected chi connectivity index (χ2v) is 4.26. The Labute approximate surface area is 110 Å². The van der Waals surface area contributed by atoms with Gasteiger partial charge in [0.1, 0.15) is 17.1 Å². The second-order valence-electron chi connectivity index (χ2n) is 4.26. The fraction of sp³-hybridized carbons (Fsp3) is 0.214. The summed E-state index contributed by atoms with van der Waals surface area (Å²) in [6.45, 7) is 0.530. The number of para-hydroxylation sites is 1. The van der Waals surface area contributed by atoms with E-state index in [-0.39, 0.29) is 0 Å². The van der Waals surface area contributed by atoms with Crippen molar-refractivity contribution in [2.75, 3.05) is 13.7 Å². The van der Waals surface area contributed by atoms with Gasteiger partial charge >= 0.3 is 0 Å². The number of aromatic nitrogens is 3. The molecule has 0 amide bonds. The Morgan fingerprint density at radius 3 is 2.89 bits per heavy atom. The van der Waals surface area contributed by atoms with Crippen molar-refractivity contribution in [2.24, 2.45) is 5.73 Å². The summed E-state index contributed by atoms with van der Waals surface area (Å²) in [7, 11) is 1.64. The van der Waals surface area contributed by atoms with E-state index in [2.05, 4.69) is 15.0 Å². The highest BCUT2D eigenvalue weighted by atomic mass is 16.5. The second kappa shape index (κ2) is 4.78. The zero-order valence-corrected chi connectivity index (χ0v) is 10.6. The maximum atomic E-state index is 5.52. The summed E-state index contributed by atoms with van der Waals surface area (Å²) in [5.41, 5.74) is 7.01. The van der Waals surface area contributed by atoms with Gasteiger partial charge in [0.05, 0.1) is 7.11 Å². The quantitative estimate of drug-likeness (QED) is 0.720. The molecule has 96 valence electrons. The van der Waals surface area contributed by atoms with Crippen molar-refractivity contribution in [2.45, 2.75) is 6.42 Å². The average molecular weight is 254 g/mol. The molecule has 0 aliphatic heterocycles. The molecule has 2 N–H and O–H groups in total. The molecule has 0 aliphatic carbocycles. The summed E-state index contributed by atoms with van der Waals surface area (Å²) in [4.78, 5) is 13.3. The van der Waals surface area contributed by atoms with Crippen molar-refractivity contribution in [3.63, 3.8) is 0 Å². The van der Waals surface area contributed by atoms with Gasteiger partial charge in [-0.15, -0.1) is 0 Å². The number of benzene rings is 1. The van der Waals surface area contributed by atoms with Gasteiger partial charge in [0.25, 0.3) is 0 Å². The number of hydrogen-bond acceptors (Lipinski definition) is 5. The minimum absolute atomic E-state index is 0.530.